The fourth-order valence-electron chi connectivity index (χ4n) is 2.60. The second-order valence-electron chi connectivity index (χ2n) is 6.25. The Labute approximate surface area is 124 Å². The molecule has 2 rings (SSSR count). The highest BCUT2D eigenvalue weighted by Gasteiger charge is 2.36. The number of carboxylic acid groups (broad SMARTS) is 1. The van der Waals surface area contributed by atoms with Gasteiger partial charge in [-0.2, -0.15) is 0 Å². The van der Waals surface area contributed by atoms with Crippen LogP contribution in [0.5, 0.6) is 0 Å². The van der Waals surface area contributed by atoms with Crippen molar-refractivity contribution in [3.05, 3.63) is 35.4 Å². The number of ether oxygens (including phenoxy) is 1. The van der Waals surface area contributed by atoms with Crippen LogP contribution in [0.4, 0.5) is 0 Å². The molecule has 0 saturated heterocycles. The van der Waals surface area contributed by atoms with Crippen molar-refractivity contribution in [2.45, 2.75) is 38.8 Å². The standard InChI is InChI=1S/C16H21NO4/c1-16(2,3)21-15(20)14-12-7-5-4-6-11(12)8-9-17(14)10-13(18)19/h4-7,14H,8-10H2,1-3H3,(H,18,19)/t14-/m1/s1. The lowest BCUT2D eigenvalue weighted by atomic mass is 9.92. The Bertz CT molecular complexity index is 547. The number of hydrogen-bond donors (Lipinski definition) is 1. The third-order valence-electron chi connectivity index (χ3n) is 3.35. The highest BCUT2D eigenvalue weighted by molar-refractivity contribution is 5.80. The van der Waals surface area contributed by atoms with E-state index < -0.39 is 23.6 Å². The lowest BCUT2D eigenvalue weighted by Crippen LogP contribution is -2.44. The van der Waals surface area contributed by atoms with Crippen LogP contribution in [0.1, 0.15) is 37.9 Å². The number of carbonyl (C=O) groups is 2. The molecule has 1 aliphatic heterocycles. The van der Waals surface area contributed by atoms with Crippen LogP contribution in [-0.2, 0) is 20.7 Å². The quantitative estimate of drug-likeness (QED) is 0.863. The summed E-state index contributed by atoms with van der Waals surface area (Å²) in [5.74, 6) is -1.33. The fraction of sp³-hybridized carbons (Fsp3) is 0.500. The first kappa shape index (κ1) is 15.5. The number of nitrogens with zero attached hydrogens (tertiary/aromatic N) is 1. The number of esters is 1. The maximum Gasteiger partial charge on any atom is 0.328 e. The molecule has 0 spiro atoms. The van der Waals surface area contributed by atoms with Gasteiger partial charge >= 0.3 is 11.9 Å². The smallest absolute Gasteiger partial charge is 0.328 e. The molecule has 0 bridgehead atoms. The van der Waals surface area contributed by atoms with Crippen molar-refractivity contribution < 1.29 is 19.4 Å². The van der Waals surface area contributed by atoms with E-state index >= 15 is 0 Å². The molecule has 0 fully saturated rings. The van der Waals surface area contributed by atoms with Crippen molar-refractivity contribution in [3.63, 3.8) is 0 Å². The largest absolute Gasteiger partial charge is 0.480 e. The van der Waals surface area contributed by atoms with Crippen molar-refractivity contribution in [2.75, 3.05) is 13.1 Å². The van der Waals surface area contributed by atoms with Crippen LogP contribution >= 0.6 is 0 Å². The summed E-state index contributed by atoms with van der Waals surface area (Å²) in [6.45, 7) is 5.79. The van der Waals surface area contributed by atoms with E-state index in [2.05, 4.69) is 0 Å². The number of benzene rings is 1. The van der Waals surface area contributed by atoms with E-state index in [0.717, 1.165) is 17.5 Å². The monoisotopic (exact) mass is 291 g/mol. The van der Waals surface area contributed by atoms with E-state index in [1.807, 2.05) is 24.3 Å². The second kappa shape index (κ2) is 5.85. The maximum absolute atomic E-state index is 12.5. The van der Waals surface area contributed by atoms with Gasteiger partial charge < -0.3 is 9.84 Å². The molecule has 0 aliphatic carbocycles. The molecule has 5 nitrogen and oxygen atoms in total. The van der Waals surface area contributed by atoms with Gasteiger partial charge in [0.25, 0.3) is 0 Å². The van der Waals surface area contributed by atoms with E-state index in [0.29, 0.717) is 6.54 Å². The summed E-state index contributed by atoms with van der Waals surface area (Å²) < 4.78 is 5.47. The maximum atomic E-state index is 12.5. The van der Waals surface area contributed by atoms with Crippen LogP contribution in [0.25, 0.3) is 0 Å². The van der Waals surface area contributed by atoms with E-state index in [4.69, 9.17) is 9.84 Å². The first-order chi connectivity index (χ1) is 9.78. The zero-order chi connectivity index (χ0) is 15.6. The van der Waals surface area contributed by atoms with Gasteiger partial charge in [0.2, 0.25) is 0 Å². The molecular weight excluding hydrogens is 270 g/mol. The number of fused-ring (bicyclic) bond motifs is 1. The predicted octanol–water partition coefficient (Wildman–Crippen LogP) is 2.01. The normalized spacial score (nSPS) is 18.9. The zero-order valence-electron chi connectivity index (χ0n) is 12.6. The minimum Gasteiger partial charge on any atom is -0.480 e. The van der Waals surface area contributed by atoms with Gasteiger partial charge in [0.15, 0.2) is 0 Å². The van der Waals surface area contributed by atoms with Gasteiger partial charge in [-0.15, -0.1) is 0 Å². The molecule has 1 aromatic rings. The average molecular weight is 291 g/mol. The molecule has 1 atom stereocenters. The summed E-state index contributed by atoms with van der Waals surface area (Å²) in [5, 5.41) is 9.05. The fourth-order valence-corrected chi connectivity index (χ4v) is 2.60. The molecular formula is C16H21NO4. The molecule has 1 aliphatic rings. The van der Waals surface area contributed by atoms with Gasteiger partial charge in [0.05, 0.1) is 6.54 Å². The number of rotatable bonds is 3. The average Bonchev–Trinajstić information content (AvgIpc) is 2.35. The molecule has 0 unspecified atom stereocenters. The Morgan fingerprint density at radius 3 is 2.62 bits per heavy atom. The summed E-state index contributed by atoms with van der Waals surface area (Å²) in [4.78, 5) is 25.2. The van der Waals surface area contributed by atoms with Crippen molar-refractivity contribution in [2.24, 2.45) is 0 Å². The number of aliphatic carboxylic acids is 1. The lowest BCUT2D eigenvalue weighted by Gasteiger charge is -2.36. The Morgan fingerprint density at radius 2 is 2.00 bits per heavy atom. The van der Waals surface area contributed by atoms with Crippen molar-refractivity contribution in [3.8, 4) is 0 Å². The highest BCUT2D eigenvalue weighted by Crippen LogP contribution is 2.31. The number of carbonyl (C=O) groups excluding carboxylic acids is 1. The van der Waals surface area contributed by atoms with Gasteiger partial charge in [-0.1, -0.05) is 24.3 Å². The molecule has 1 heterocycles. The van der Waals surface area contributed by atoms with Gasteiger partial charge in [0, 0.05) is 6.54 Å². The van der Waals surface area contributed by atoms with Gasteiger partial charge in [-0.05, 0) is 38.3 Å². The highest BCUT2D eigenvalue weighted by atomic mass is 16.6. The third-order valence-corrected chi connectivity index (χ3v) is 3.35. The number of hydrogen-bond acceptors (Lipinski definition) is 4. The number of carboxylic acids is 1. The van der Waals surface area contributed by atoms with Crippen LogP contribution in [-0.4, -0.2) is 40.6 Å². The Hall–Kier alpha value is -1.88. The zero-order valence-corrected chi connectivity index (χ0v) is 12.6. The van der Waals surface area contributed by atoms with E-state index in [-0.39, 0.29) is 6.54 Å². The second-order valence-corrected chi connectivity index (χ2v) is 6.25. The first-order valence-corrected chi connectivity index (χ1v) is 7.04. The minimum atomic E-state index is -0.942. The topological polar surface area (TPSA) is 66.8 Å². The van der Waals surface area contributed by atoms with Crippen LogP contribution in [0.3, 0.4) is 0 Å². The van der Waals surface area contributed by atoms with E-state index in [1.165, 1.54) is 0 Å². The van der Waals surface area contributed by atoms with Crippen molar-refractivity contribution in [1.82, 2.24) is 4.90 Å². The molecule has 21 heavy (non-hydrogen) atoms. The van der Waals surface area contributed by atoms with Gasteiger partial charge in [-0.3, -0.25) is 9.69 Å². The molecule has 114 valence electrons. The minimum absolute atomic E-state index is 0.168. The van der Waals surface area contributed by atoms with Gasteiger partial charge in [0.1, 0.15) is 11.6 Å². The Kier molecular flexibility index (Phi) is 4.32. The van der Waals surface area contributed by atoms with Crippen LogP contribution in [0.2, 0.25) is 0 Å². The van der Waals surface area contributed by atoms with Crippen LogP contribution in [0, 0.1) is 0 Å². The molecule has 0 radical (unpaired) electrons. The third kappa shape index (κ3) is 3.82. The SMILES string of the molecule is CC(C)(C)OC(=O)[C@H]1c2ccccc2CCN1CC(=O)O. The first-order valence-electron chi connectivity index (χ1n) is 7.04. The molecule has 0 aromatic heterocycles. The lowest BCUT2D eigenvalue weighted by molar-refractivity contribution is -0.163. The van der Waals surface area contributed by atoms with E-state index in [9.17, 15) is 9.59 Å². The molecule has 0 amide bonds. The summed E-state index contributed by atoms with van der Waals surface area (Å²) in [6.07, 6.45) is 0.739. The van der Waals surface area contributed by atoms with Crippen LogP contribution in [0.15, 0.2) is 24.3 Å². The summed E-state index contributed by atoms with van der Waals surface area (Å²) in [5.41, 5.74) is 1.33. The summed E-state index contributed by atoms with van der Waals surface area (Å²) in [6, 6.07) is 6.99. The summed E-state index contributed by atoms with van der Waals surface area (Å²) >= 11 is 0. The molecule has 1 N–H and O–H groups in total. The van der Waals surface area contributed by atoms with Crippen LogP contribution < -0.4 is 0 Å². The molecule has 1 aromatic carbocycles. The Balaban J connectivity index is 2.34. The Morgan fingerprint density at radius 1 is 1.33 bits per heavy atom. The molecule has 0 saturated carbocycles. The van der Waals surface area contributed by atoms with Crippen molar-refractivity contribution >= 4 is 11.9 Å². The summed E-state index contributed by atoms with van der Waals surface area (Å²) in [7, 11) is 0. The van der Waals surface area contributed by atoms with E-state index in [1.54, 1.807) is 25.7 Å². The predicted molar refractivity (Wildman–Crippen MR) is 77.9 cm³/mol. The van der Waals surface area contributed by atoms with Crippen molar-refractivity contribution in [1.29, 1.82) is 0 Å². The van der Waals surface area contributed by atoms with Gasteiger partial charge in [-0.25, -0.2) is 4.79 Å². The molecule has 5 heteroatoms.